The summed E-state index contributed by atoms with van der Waals surface area (Å²) in [5.41, 5.74) is -0.822. The molecule has 6 nitrogen and oxygen atoms in total. The summed E-state index contributed by atoms with van der Waals surface area (Å²) in [5, 5.41) is 3.04. The predicted molar refractivity (Wildman–Crippen MR) is 77.5 cm³/mol. The van der Waals surface area contributed by atoms with E-state index in [2.05, 4.69) is 5.32 Å². The highest BCUT2D eigenvalue weighted by Gasteiger charge is 2.66. The number of benzene rings is 1. The molecule has 1 N–H and O–H groups in total. The fraction of sp³-hybridized carbons (Fsp3) is 0.438. The zero-order valence-corrected chi connectivity index (χ0v) is 13.0. The van der Waals surface area contributed by atoms with Gasteiger partial charge in [0.1, 0.15) is 11.4 Å². The molecule has 2 amide bonds. The molecule has 0 radical (unpaired) electrons. The Hall–Kier alpha value is -2.28. The highest BCUT2D eigenvalue weighted by molar-refractivity contribution is 6.09. The van der Waals surface area contributed by atoms with Gasteiger partial charge in [0.25, 0.3) is 0 Å². The van der Waals surface area contributed by atoms with Crippen molar-refractivity contribution in [2.75, 3.05) is 14.2 Å². The molecule has 0 saturated carbocycles. The van der Waals surface area contributed by atoms with Crippen LogP contribution in [0, 0.1) is 17.7 Å². The number of hydrogen-bond acceptors (Lipinski definition) is 5. The quantitative estimate of drug-likeness (QED) is 0.639. The lowest BCUT2D eigenvalue weighted by atomic mass is 9.80. The second-order valence-electron chi connectivity index (χ2n) is 6.11. The molecule has 2 aliphatic heterocycles. The first-order valence-electron chi connectivity index (χ1n) is 7.24. The number of rotatable bonds is 2. The van der Waals surface area contributed by atoms with Crippen LogP contribution in [0.1, 0.15) is 18.5 Å². The summed E-state index contributed by atoms with van der Waals surface area (Å²) in [6.07, 6.45) is 0. The predicted octanol–water partition coefficient (Wildman–Crippen LogP) is 0.633. The number of esters is 1. The number of carbonyl (C=O) groups excluding carboxylic acids is 3. The van der Waals surface area contributed by atoms with E-state index in [-0.39, 0.29) is 5.91 Å². The summed E-state index contributed by atoms with van der Waals surface area (Å²) in [6.45, 7) is 1.54. The summed E-state index contributed by atoms with van der Waals surface area (Å²) in [5.74, 6) is -3.52. The number of amides is 2. The molecule has 2 saturated heterocycles. The van der Waals surface area contributed by atoms with E-state index in [0.29, 0.717) is 5.56 Å². The molecule has 3 rings (SSSR count). The minimum Gasteiger partial charge on any atom is -0.468 e. The highest BCUT2D eigenvalue weighted by Crippen LogP contribution is 2.48. The van der Waals surface area contributed by atoms with Crippen LogP contribution in [0.25, 0.3) is 0 Å². The SMILES string of the molecule is COC(=O)[C@]1(C)N[C@@H](c2cccc(F)c2)[C@H]2C(=O)N(C)C(=O)[C@@H]21. The van der Waals surface area contributed by atoms with Gasteiger partial charge in [0.05, 0.1) is 18.9 Å². The molecule has 2 fully saturated rings. The average molecular weight is 320 g/mol. The number of nitrogens with one attached hydrogen (secondary N) is 1. The second-order valence-corrected chi connectivity index (χ2v) is 6.11. The standard InChI is InChI=1S/C16H17FN2O4/c1-16(15(22)23-3)11-10(13(20)19(2)14(11)21)12(18-16)8-5-4-6-9(17)7-8/h4-7,10-12,18H,1-3H3/t10-,11+,12-,16+/m0/s1. The van der Waals surface area contributed by atoms with Gasteiger partial charge in [0, 0.05) is 13.1 Å². The number of likely N-dealkylation sites (tertiary alicyclic amines) is 1. The van der Waals surface area contributed by atoms with E-state index >= 15 is 0 Å². The van der Waals surface area contributed by atoms with Crippen molar-refractivity contribution in [3.63, 3.8) is 0 Å². The monoisotopic (exact) mass is 320 g/mol. The lowest BCUT2D eigenvalue weighted by molar-refractivity contribution is -0.152. The van der Waals surface area contributed by atoms with Crippen LogP contribution < -0.4 is 5.32 Å². The molecule has 1 aromatic rings. The van der Waals surface area contributed by atoms with Gasteiger partial charge >= 0.3 is 5.97 Å². The molecule has 0 aromatic heterocycles. The molecule has 2 heterocycles. The molecule has 2 aliphatic rings. The molecular formula is C16H17FN2O4. The summed E-state index contributed by atoms with van der Waals surface area (Å²) in [4.78, 5) is 38.2. The van der Waals surface area contributed by atoms with Crippen molar-refractivity contribution in [2.45, 2.75) is 18.5 Å². The number of fused-ring (bicyclic) bond motifs is 1. The fourth-order valence-corrected chi connectivity index (χ4v) is 3.67. The van der Waals surface area contributed by atoms with Crippen LogP contribution >= 0.6 is 0 Å². The zero-order valence-electron chi connectivity index (χ0n) is 13.0. The minimum atomic E-state index is -1.34. The number of halogens is 1. The van der Waals surface area contributed by atoms with E-state index in [0.717, 1.165) is 4.90 Å². The Labute approximate surface area is 132 Å². The molecule has 122 valence electrons. The third kappa shape index (κ3) is 2.07. The van der Waals surface area contributed by atoms with Crippen LogP contribution in [0.2, 0.25) is 0 Å². The molecule has 0 aliphatic carbocycles. The summed E-state index contributed by atoms with van der Waals surface area (Å²) in [7, 11) is 2.62. The summed E-state index contributed by atoms with van der Waals surface area (Å²) < 4.78 is 18.4. The summed E-state index contributed by atoms with van der Waals surface area (Å²) >= 11 is 0. The zero-order chi connectivity index (χ0) is 16.9. The van der Waals surface area contributed by atoms with Crippen molar-refractivity contribution in [3.05, 3.63) is 35.6 Å². The second kappa shape index (κ2) is 5.13. The van der Waals surface area contributed by atoms with Crippen molar-refractivity contribution in [3.8, 4) is 0 Å². The third-order valence-electron chi connectivity index (χ3n) is 4.83. The smallest absolute Gasteiger partial charge is 0.326 e. The van der Waals surface area contributed by atoms with Crippen LogP contribution in [0.5, 0.6) is 0 Å². The molecule has 1 aromatic carbocycles. The van der Waals surface area contributed by atoms with E-state index < -0.39 is 41.1 Å². The van der Waals surface area contributed by atoms with Gasteiger partial charge in [-0.3, -0.25) is 24.6 Å². The Balaban J connectivity index is 2.11. The van der Waals surface area contributed by atoms with Crippen molar-refractivity contribution in [1.29, 1.82) is 0 Å². The van der Waals surface area contributed by atoms with E-state index in [9.17, 15) is 18.8 Å². The van der Waals surface area contributed by atoms with Crippen molar-refractivity contribution < 1.29 is 23.5 Å². The van der Waals surface area contributed by atoms with Gasteiger partial charge in [-0.05, 0) is 24.6 Å². The van der Waals surface area contributed by atoms with Crippen LogP contribution in [0.3, 0.4) is 0 Å². The van der Waals surface area contributed by atoms with Gasteiger partial charge < -0.3 is 4.74 Å². The van der Waals surface area contributed by atoms with Gasteiger partial charge in [-0.2, -0.15) is 0 Å². The van der Waals surface area contributed by atoms with Gasteiger partial charge in [0.2, 0.25) is 11.8 Å². The van der Waals surface area contributed by atoms with E-state index in [1.165, 1.54) is 32.4 Å². The van der Waals surface area contributed by atoms with Crippen molar-refractivity contribution in [1.82, 2.24) is 10.2 Å². The maximum absolute atomic E-state index is 13.6. The molecular weight excluding hydrogens is 303 g/mol. The lowest BCUT2D eigenvalue weighted by Gasteiger charge is -2.27. The first-order chi connectivity index (χ1) is 10.8. The molecule has 0 bridgehead atoms. The highest BCUT2D eigenvalue weighted by atomic mass is 19.1. The largest absolute Gasteiger partial charge is 0.468 e. The fourth-order valence-electron chi connectivity index (χ4n) is 3.67. The maximum atomic E-state index is 13.6. The molecule has 7 heteroatoms. The van der Waals surface area contributed by atoms with E-state index in [1.54, 1.807) is 13.0 Å². The number of methoxy groups -OCH3 is 1. The molecule has 0 unspecified atom stereocenters. The van der Waals surface area contributed by atoms with Crippen molar-refractivity contribution >= 4 is 17.8 Å². The number of imide groups is 1. The van der Waals surface area contributed by atoms with Crippen LogP contribution in [0.15, 0.2) is 24.3 Å². The van der Waals surface area contributed by atoms with Gasteiger partial charge in [-0.25, -0.2) is 4.39 Å². The number of ether oxygens (including phenoxy) is 1. The normalized spacial score (nSPS) is 33.0. The van der Waals surface area contributed by atoms with Crippen molar-refractivity contribution in [2.24, 2.45) is 11.8 Å². The minimum absolute atomic E-state index is 0.380. The third-order valence-corrected chi connectivity index (χ3v) is 4.83. The van der Waals surface area contributed by atoms with E-state index in [4.69, 9.17) is 4.74 Å². The molecule has 23 heavy (non-hydrogen) atoms. The number of carbonyl (C=O) groups is 3. The first-order valence-corrected chi connectivity index (χ1v) is 7.24. The van der Waals surface area contributed by atoms with Gasteiger partial charge in [-0.15, -0.1) is 0 Å². The average Bonchev–Trinajstić information content (AvgIpc) is 2.97. The van der Waals surface area contributed by atoms with Gasteiger partial charge in [0.15, 0.2) is 0 Å². The Bertz CT molecular complexity index is 707. The molecule has 4 atom stereocenters. The van der Waals surface area contributed by atoms with E-state index in [1.807, 2.05) is 0 Å². The van der Waals surface area contributed by atoms with Crippen LogP contribution in [-0.4, -0.2) is 42.4 Å². The number of hydrogen-bond donors (Lipinski definition) is 1. The van der Waals surface area contributed by atoms with Crippen LogP contribution in [0.4, 0.5) is 4.39 Å². The van der Waals surface area contributed by atoms with Gasteiger partial charge in [-0.1, -0.05) is 12.1 Å². The summed E-state index contributed by atoms with van der Waals surface area (Å²) in [6, 6.07) is 5.15. The Morgan fingerprint density at radius 3 is 2.65 bits per heavy atom. The maximum Gasteiger partial charge on any atom is 0.326 e. The Kier molecular flexibility index (Phi) is 3.48. The number of nitrogens with zero attached hydrogens (tertiary/aromatic N) is 1. The Morgan fingerprint density at radius 1 is 1.35 bits per heavy atom. The molecule has 0 spiro atoms. The first kappa shape index (κ1) is 15.6. The van der Waals surface area contributed by atoms with Crippen LogP contribution in [-0.2, 0) is 19.1 Å². The topological polar surface area (TPSA) is 75.7 Å². The Morgan fingerprint density at radius 2 is 2.04 bits per heavy atom. The lowest BCUT2D eigenvalue weighted by Crippen LogP contribution is -2.53.